The number of piperazine rings is 1. The Kier molecular flexibility index (Phi) is 4.23. The molecule has 0 aromatic heterocycles. The van der Waals surface area contributed by atoms with Gasteiger partial charge in [0.2, 0.25) is 0 Å². The molecule has 1 amide bonds. The van der Waals surface area contributed by atoms with Gasteiger partial charge in [-0.15, -0.1) is 0 Å². The fourth-order valence-electron chi connectivity index (χ4n) is 6.96. The lowest BCUT2D eigenvalue weighted by atomic mass is 9.52. The first kappa shape index (κ1) is 18.1. The summed E-state index contributed by atoms with van der Waals surface area (Å²) in [6, 6.07) is 4.83. The molecular formula is C22H29N3O3. The van der Waals surface area contributed by atoms with E-state index in [1.165, 1.54) is 44.6 Å². The van der Waals surface area contributed by atoms with Crippen molar-refractivity contribution in [3.63, 3.8) is 0 Å². The van der Waals surface area contributed by atoms with E-state index in [1.807, 2.05) is 4.90 Å². The van der Waals surface area contributed by atoms with E-state index < -0.39 is 4.92 Å². The molecule has 0 unspecified atom stereocenters. The van der Waals surface area contributed by atoms with E-state index in [2.05, 4.69) is 4.90 Å². The van der Waals surface area contributed by atoms with Crippen LogP contribution in [-0.2, 0) is 0 Å². The number of hydrogen-bond donors (Lipinski definition) is 0. The molecule has 150 valence electrons. The van der Waals surface area contributed by atoms with Crippen LogP contribution < -0.4 is 0 Å². The quantitative estimate of drug-likeness (QED) is 0.590. The number of nitro benzene ring substituents is 1. The normalized spacial score (nSPS) is 34.6. The highest BCUT2D eigenvalue weighted by atomic mass is 16.6. The molecule has 1 aliphatic heterocycles. The Morgan fingerprint density at radius 1 is 1.04 bits per heavy atom. The van der Waals surface area contributed by atoms with Gasteiger partial charge in [0.05, 0.1) is 4.92 Å². The van der Waals surface area contributed by atoms with E-state index in [0.29, 0.717) is 16.7 Å². The molecule has 0 radical (unpaired) electrons. The zero-order chi connectivity index (χ0) is 19.5. The van der Waals surface area contributed by atoms with E-state index in [4.69, 9.17) is 0 Å². The Bertz CT molecular complexity index is 778. The smallest absolute Gasteiger partial charge is 0.273 e. The van der Waals surface area contributed by atoms with E-state index >= 15 is 0 Å². The largest absolute Gasteiger partial charge is 0.336 e. The minimum absolute atomic E-state index is 0.0260. The molecule has 5 fully saturated rings. The highest BCUT2D eigenvalue weighted by Gasteiger charge is 2.53. The first-order chi connectivity index (χ1) is 13.4. The van der Waals surface area contributed by atoms with Crippen LogP contribution in [-0.4, -0.2) is 52.3 Å². The molecule has 4 aliphatic carbocycles. The van der Waals surface area contributed by atoms with Crippen molar-refractivity contribution in [1.29, 1.82) is 0 Å². The Labute approximate surface area is 166 Å². The summed E-state index contributed by atoms with van der Waals surface area (Å²) in [4.78, 5) is 28.3. The maximum Gasteiger partial charge on any atom is 0.273 e. The lowest BCUT2D eigenvalue weighted by molar-refractivity contribution is -0.385. The Morgan fingerprint density at radius 3 is 2.14 bits per heavy atom. The van der Waals surface area contributed by atoms with Crippen molar-refractivity contribution in [2.24, 2.45) is 17.8 Å². The number of amides is 1. The number of rotatable bonds is 3. The maximum atomic E-state index is 12.9. The predicted octanol–water partition coefficient (Wildman–Crippen LogP) is 3.63. The minimum Gasteiger partial charge on any atom is -0.336 e. The summed E-state index contributed by atoms with van der Waals surface area (Å²) in [7, 11) is 0. The Morgan fingerprint density at radius 2 is 1.61 bits per heavy atom. The average Bonchev–Trinajstić information content (AvgIpc) is 2.67. The fourth-order valence-corrected chi connectivity index (χ4v) is 6.96. The zero-order valence-electron chi connectivity index (χ0n) is 16.6. The highest BCUT2D eigenvalue weighted by Crippen LogP contribution is 2.57. The van der Waals surface area contributed by atoms with Crippen LogP contribution in [0.3, 0.4) is 0 Å². The Balaban J connectivity index is 1.27. The van der Waals surface area contributed by atoms with Crippen molar-refractivity contribution in [1.82, 2.24) is 9.80 Å². The highest BCUT2D eigenvalue weighted by molar-refractivity contribution is 5.95. The molecule has 6 heteroatoms. The number of aryl methyl sites for hydroxylation is 1. The molecule has 4 bridgehead atoms. The van der Waals surface area contributed by atoms with Crippen LogP contribution in [0.2, 0.25) is 0 Å². The molecule has 1 heterocycles. The van der Waals surface area contributed by atoms with Gasteiger partial charge in [-0.05, 0) is 69.3 Å². The van der Waals surface area contributed by atoms with Crippen molar-refractivity contribution in [2.45, 2.75) is 51.0 Å². The van der Waals surface area contributed by atoms with Crippen molar-refractivity contribution in [2.75, 3.05) is 26.2 Å². The van der Waals surface area contributed by atoms with E-state index in [0.717, 1.165) is 43.9 Å². The zero-order valence-corrected chi connectivity index (χ0v) is 16.6. The summed E-state index contributed by atoms with van der Waals surface area (Å²) in [6.45, 7) is 5.03. The number of carbonyl (C=O) groups excluding carboxylic acids is 1. The van der Waals surface area contributed by atoms with Gasteiger partial charge in [-0.2, -0.15) is 0 Å². The first-order valence-corrected chi connectivity index (χ1v) is 10.7. The Hall–Kier alpha value is -1.95. The summed E-state index contributed by atoms with van der Waals surface area (Å²) in [5.74, 6) is 2.71. The van der Waals surface area contributed by atoms with Gasteiger partial charge in [0, 0.05) is 48.9 Å². The van der Waals surface area contributed by atoms with Crippen LogP contribution in [0.5, 0.6) is 0 Å². The van der Waals surface area contributed by atoms with Crippen molar-refractivity contribution < 1.29 is 9.72 Å². The number of nitrogens with zero attached hydrogens (tertiary/aromatic N) is 3. The first-order valence-electron chi connectivity index (χ1n) is 10.7. The van der Waals surface area contributed by atoms with Gasteiger partial charge < -0.3 is 4.90 Å². The van der Waals surface area contributed by atoms with Gasteiger partial charge in [0.1, 0.15) is 0 Å². The molecular weight excluding hydrogens is 354 g/mol. The van der Waals surface area contributed by atoms with Gasteiger partial charge in [-0.1, -0.05) is 6.07 Å². The van der Waals surface area contributed by atoms with Gasteiger partial charge in [-0.3, -0.25) is 19.8 Å². The van der Waals surface area contributed by atoms with Gasteiger partial charge in [0.15, 0.2) is 0 Å². The van der Waals surface area contributed by atoms with Crippen LogP contribution in [0.15, 0.2) is 18.2 Å². The second kappa shape index (κ2) is 6.55. The second-order valence-corrected chi connectivity index (χ2v) is 9.68. The van der Waals surface area contributed by atoms with Crippen LogP contribution >= 0.6 is 0 Å². The lowest BCUT2D eigenvalue weighted by Crippen LogP contribution is -2.64. The van der Waals surface area contributed by atoms with Gasteiger partial charge in [-0.25, -0.2) is 0 Å². The molecule has 0 atom stereocenters. The second-order valence-electron chi connectivity index (χ2n) is 9.68. The SMILES string of the molecule is Cc1ccc(C(=O)N2CCN(C34CC5CC(CC(C5)C3)C4)CC2)cc1[N+](=O)[O-]. The molecule has 28 heavy (non-hydrogen) atoms. The molecule has 1 saturated heterocycles. The topological polar surface area (TPSA) is 66.7 Å². The summed E-state index contributed by atoms with van der Waals surface area (Å²) in [5, 5.41) is 11.2. The average molecular weight is 383 g/mol. The van der Waals surface area contributed by atoms with E-state index in [-0.39, 0.29) is 11.6 Å². The molecule has 4 saturated carbocycles. The molecule has 6 rings (SSSR count). The van der Waals surface area contributed by atoms with Crippen LogP contribution in [0.4, 0.5) is 5.69 Å². The summed E-state index contributed by atoms with van der Waals surface area (Å²) >= 11 is 0. The summed E-state index contributed by atoms with van der Waals surface area (Å²) in [5.41, 5.74) is 1.44. The van der Waals surface area contributed by atoms with E-state index in [9.17, 15) is 14.9 Å². The molecule has 0 N–H and O–H groups in total. The number of benzene rings is 1. The fraction of sp³-hybridized carbons (Fsp3) is 0.682. The van der Waals surface area contributed by atoms with E-state index in [1.54, 1.807) is 19.1 Å². The summed E-state index contributed by atoms with van der Waals surface area (Å²) < 4.78 is 0. The molecule has 1 aromatic rings. The third-order valence-corrected chi connectivity index (χ3v) is 7.90. The number of hydrogen-bond acceptors (Lipinski definition) is 4. The maximum absolute atomic E-state index is 12.9. The van der Waals surface area contributed by atoms with Crippen LogP contribution in [0, 0.1) is 34.8 Å². The van der Waals surface area contributed by atoms with Crippen molar-refractivity contribution in [3.8, 4) is 0 Å². The number of nitro groups is 1. The molecule has 0 spiro atoms. The number of carbonyl (C=O) groups is 1. The van der Waals surface area contributed by atoms with Crippen LogP contribution in [0.1, 0.15) is 54.4 Å². The summed E-state index contributed by atoms with van der Waals surface area (Å²) in [6.07, 6.45) is 8.42. The molecule has 5 aliphatic rings. The molecule has 6 nitrogen and oxygen atoms in total. The molecule has 1 aromatic carbocycles. The monoisotopic (exact) mass is 383 g/mol. The van der Waals surface area contributed by atoms with Crippen molar-refractivity contribution in [3.05, 3.63) is 39.4 Å². The van der Waals surface area contributed by atoms with Gasteiger partial charge >= 0.3 is 0 Å². The predicted molar refractivity (Wildman–Crippen MR) is 106 cm³/mol. The third kappa shape index (κ3) is 2.93. The van der Waals surface area contributed by atoms with Crippen LogP contribution in [0.25, 0.3) is 0 Å². The lowest BCUT2D eigenvalue weighted by Gasteiger charge is -2.61. The minimum atomic E-state index is -0.406. The van der Waals surface area contributed by atoms with Gasteiger partial charge in [0.25, 0.3) is 11.6 Å². The van der Waals surface area contributed by atoms with Crippen molar-refractivity contribution >= 4 is 11.6 Å². The third-order valence-electron chi connectivity index (χ3n) is 7.90. The standard InChI is InChI=1S/C22H29N3O3/c1-15-2-3-19(11-20(15)25(27)28)21(26)23-4-6-24(7-5-23)22-12-16-8-17(13-22)10-18(9-16)14-22/h2-3,11,16-18H,4-10,12-14H2,1H3.